The predicted octanol–water partition coefficient (Wildman–Crippen LogP) is 3.02. The van der Waals surface area contributed by atoms with Gasteiger partial charge >= 0.3 is 0 Å². The molecular formula is C20H24N4O4S2. The van der Waals surface area contributed by atoms with Gasteiger partial charge < -0.3 is 10.2 Å². The molecule has 8 nitrogen and oxygen atoms in total. The first-order valence-electron chi connectivity index (χ1n) is 9.95. The van der Waals surface area contributed by atoms with Crippen molar-refractivity contribution in [2.24, 2.45) is 5.92 Å². The van der Waals surface area contributed by atoms with Gasteiger partial charge in [0.05, 0.1) is 27.6 Å². The zero-order valence-electron chi connectivity index (χ0n) is 17.4. The third-order valence-electron chi connectivity index (χ3n) is 5.67. The molecule has 1 fully saturated rings. The number of fused-ring (bicyclic) bond motifs is 1. The Hall–Kier alpha value is -2.33. The van der Waals surface area contributed by atoms with E-state index in [2.05, 4.69) is 15.3 Å². The molecule has 2 aromatic rings. The molecule has 0 bridgehead atoms. The molecule has 10 heteroatoms. The number of hydrogen-bond donors (Lipinski definition) is 1. The van der Waals surface area contributed by atoms with Crippen molar-refractivity contribution in [3.05, 3.63) is 22.9 Å². The summed E-state index contributed by atoms with van der Waals surface area (Å²) < 4.78 is 25.7. The fourth-order valence-corrected chi connectivity index (χ4v) is 5.82. The molecule has 0 spiro atoms. The minimum Gasteiger partial charge on any atom is -0.331 e. The number of rotatable bonds is 6. The maximum Gasteiger partial charge on any atom is 0.257 e. The summed E-state index contributed by atoms with van der Waals surface area (Å²) in [6.45, 7) is 7.14. The molecule has 2 aromatic heterocycles. The van der Waals surface area contributed by atoms with Crippen LogP contribution in [0.5, 0.6) is 0 Å². The molecule has 0 saturated heterocycles. The molecule has 1 atom stereocenters. The molecule has 0 unspecified atom stereocenters. The van der Waals surface area contributed by atoms with E-state index in [1.807, 2.05) is 6.92 Å². The molecule has 1 aliphatic carbocycles. The van der Waals surface area contributed by atoms with Crippen LogP contribution in [0.15, 0.2) is 11.1 Å². The van der Waals surface area contributed by atoms with Crippen LogP contribution in [-0.4, -0.2) is 46.9 Å². The van der Waals surface area contributed by atoms with Crippen molar-refractivity contribution < 1.29 is 18.0 Å². The van der Waals surface area contributed by atoms with Crippen molar-refractivity contribution >= 4 is 38.1 Å². The van der Waals surface area contributed by atoms with Gasteiger partial charge in [0.25, 0.3) is 5.91 Å². The lowest BCUT2D eigenvalue weighted by Gasteiger charge is -2.23. The normalized spacial score (nSPS) is 17.2. The van der Waals surface area contributed by atoms with Crippen LogP contribution in [0, 0.1) is 12.8 Å². The largest absolute Gasteiger partial charge is 0.331 e. The van der Waals surface area contributed by atoms with Gasteiger partial charge in [-0.05, 0) is 44.2 Å². The molecular weight excluding hydrogens is 424 g/mol. The summed E-state index contributed by atoms with van der Waals surface area (Å²) in [5.41, 5.74) is 1.99. The fraction of sp³-hybridized carbons (Fsp3) is 0.500. The maximum absolute atomic E-state index is 13.2. The summed E-state index contributed by atoms with van der Waals surface area (Å²) in [4.78, 5) is 35.7. The van der Waals surface area contributed by atoms with Gasteiger partial charge in [-0.25, -0.2) is 18.4 Å². The number of amides is 2. The van der Waals surface area contributed by atoms with Crippen molar-refractivity contribution in [2.75, 3.05) is 11.1 Å². The summed E-state index contributed by atoms with van der Waals surface area (Å²) in [7, 11) is -3.71. The Kier molecular flexibility index (Phi) is 5.17. The summed E-state index contributed by atoms with van der Waals surface area (Å²) >= 11 is 1.24. The number of thiazole rings is 1. The molecule has 1 saturated carbocycles. The van der Waals surface area contributed by atoms with Crippen molar-refractivity contribution in [1.29, 1.82) is 0 Å². The molecule has 4 rings (SSSR count). The number of pyridine rings is 1. The average molecular weight is 449 g/mol. The Morgan fingerprint density at radius 2 is 2.07 bits per heavy atom. The van der Waals surface area contributed by atoms with E-state index in [0.29, 0.717) is 39.4 Å². The van der Waals surface area contributed by atoms with E-state index >= 15 is 0 Å². The van der Waals surface area contributed by atoms with Gasteiger partial charge in [0.2, 0.25) is 5.91 Å². The van der Waals surface area contributed by atoms with Crippen molar-refractivity contribution in [2.45, 2.75) is 58.1 Å². The quantitative estimate of drug-likeness (QED) is 0.727. The molecule has 1 N–H and O–H groups in total. The third kappa shape index (κ3) is 3.62. The van der Waals surface area contributed by atoms with Crippen LogP contribution >= 0.6 is 11.3 Å². The maximum atomic E-state index is 13.2. The van der Waals surface area contributed by atoms with Gasteiger partial charge in [0.15, 0.2) is 20.0 Å². The molecule has 2 amide bonds. The van der Waals surface area contributed by atoms with Gasteiger partial charge in [-0.3, -0.25) is 9.59 Å². The number of nitrogens with zero attached hydrogens (tertiary/aromatic N) is 3. The van der Waals surface area contributed by atoms with Crippen LogP contribution in [0.3, 0.4) is 0 Å². The zero-order chi connectivity index (χ0) is 21.8. The highest BCUT2D eigenvalue weighted by Crippen LogP contribution is 2.41. The lowest BCUT2D eigenvalue weighted by Crippen LogP contribution is -2.35. The number of carbonyl (C=O) groups is 2. The molecule has 2 aliphatic rings. The standard InChI is InChI=1S/C20H24N4O4S2/c1-5-30(27,28)18-16-14(9-24(19(16)26)11(3)13-6-7-13)8-15(23-18)17-10(2)21-20(29-17)22-12(4)25/h8,11,13H,5-7,9H2,1-4H3,(H,21,22,25)/t11-/m0/s1. The molecule has 3 heterocycles. The lowest BCUT2D eigenvalue weighted by atomic mass is 10.1. The predicted molar refractivity (Wildman–Crippen MR) is 114 cm³/mol. The Balaban J connectivity index is 1.84. The zero-order valence-corrected chi connectivity index (χ0v) is 19.0. The van der Waals surface area contributed by atoms with Gasteiger partial charge in [-0.15, -0.1) is 0 Å². The number of nitrogens with one attached hydrogen (secondary N) is 1. The number of aryl methyl sites for hydroxylation is 1. The molecule has 30 heavy (non-hydrogen) atoms. The van der Waals surface area contributed by atoms with Crippen molar-refractivity contribution in [3.63, 3.8) is 0 Å². The van der Waals surface area contributed by atoms with Crippen LogP contribution in [-0.2, 0) is 21.2 Å². The molecule has 160 valence electrons. The third-order valence-corrected chi connectivity index (χ3v) is 8.41. The van der Waals surface area contributed by atoms with Crippen molar-refractivity contribution in [1.82, 2.24) is 14.9 Å². The van der Waals surface area contributed by atoms with E-state index in [9.17, 15) is 18.0 Å². The number of hydrogen-bond acceptors (Lipinski definition) is 7. The minimum atomic E-state index is -3.71. The SMILES string of the molecule is CCS(=O)(=O)c1nc(-c2sc(NC(C)=O)nc2C)cc2c1C(=O)N([C@@H](C)C1CC1)C2. The molecule has 0 radical (unpaired) electrons. The van der Waals surface area contributed by atoms with Gasteiger partial charge in [0, 0.05) is 19.5 Å². The first-order chi connectivity index (χ1) is 14.1. The summed E-state index contributed by atoms with van der Waals surface area (Å²) in [5.74, 6) is -0.150. The summed E-state index contributed by atoms with van der Waals surface area (Å²) in [6, 6.07) is 1.86. The number of sulfone groups is 1. The smallest absolute Gasteiger partial charge is 0.257 e. The second-order valence-electron chi connectivity index (χ2n) is 7.88. The fourth-order valence-electron chi connectivity index (χ4n) is 3.80. The highest BCUT2D eigenvalue weighted by molar-refractivity contribution is 7.91. The van der Waals surface area contributed by atoms with Crippen LogP contribution in [0.2, 0.25) is 0 Å². The topological polar surface area (TPSA) is 109 Å². The highest BCUT2D eigenvalue weighted by atomic mass is 32.2. The Morgan fingerprint density at radius 3 is 2.67 bits per heavy atom. The lowest BCUT2D eigenvalue weighted by molar-refractivity contribution is -0.114. The Labute approximate surface area is 179 Å². The van der Waals surface area contributed by atoms with E-state index < -0.39 is 9.84 Å². The van der Waals surface area contributed by atoms with Crippen LogP contribution < -0.4 is 5.32 Å². The number of anilines is 1. The van der Waals surface area contributed by atoms with Gasteiger partial charge in [0.1, 0.15) is 0 Å². The second-order valence-corrected chi connectivity index (χ2v) is 11.1. The summed E-state index contributed by atoms with van der Waals surface area (Å²) in [5, 5.41) is 2.93. The van der Waals surface area contributed by atoms with E-state index in [4.69, 9.17) is 0 Å². The molecule has 0 aromatic carbocycles. The minimum absolute atomic E-state index is 0.0713. The second kappa shape index (κ2) is 7.42. The van der Waals surface area contributed by atoms with E-state index in [0.717, 1.165) is 12.8 Å². The Morgan fingerprint density at radius 1 is 1.37 bits per heavy atom. The van der Waals surface area contributed by atoms with E-state index in [-0.39, 0.29) is 34.2 Å². The van der Waals surface area contributed by atoms with Crippen LogP contribution in [0.25, 0.3) is 10.6 Å². The number of carbonyl (C=O) groups excluding carboxylic acids is 2. The first kappa shape index (κ1) is 20.9. The highest BCUT2D eigenvalue weighted by Gasteiger charge is 2.42. The van der Waals surface area contributed by atoms with Crippen molar-refractivity contribution in [3.8, 4) is 10.6 Å². The molecule has 1 aliphatic heterocycles. The van der Waals surface area contributed by atoms with Crippen LogP contribution in [0.4, 0.5) is 5.13 Å². The average Bonchev–Trinajstić information content (AvgIpc) is 3.40. The monoisotopic (exact) mass is 448 g/mol. The number of aromatic nitrogens is 2. The first-order valence-corrected chi connectivity index (χ1v) is 12.4. The van der Waals surface area contributed by atoms with Gasteiger partial charge in [-0.2, -0.15) is 0 Å². The Bertz CT molecular complexity index is 1150. The van der Waals surface area contributed by atoms with Crippen LogP contribution in [0.1, 0.15) is 55.2 Å². The van der Waals surface area contributed by atoms with Gasteiger partial charge in [-0.1, -0.05) is 18.3 Å². The van der Waals surface area contributed by atoms with E-state index in [1.54, 1.807) is 24.8 Å². The summed E-state index contributed by atoms with van der Waals surface area (Å²) in [6.07, 6.45) is 2.19. The van der Waals surface area contributed by atoms with E-state index in [1.165, 1.54) is 18.3 Å².